The first-order chi connectivity index (χ1) is 9.66. The molecule has 1 N–H and O–H groups in total. The molecule has 21 heavy (non-hydrogen) atoms. The summed E-state index contributed by atoms with van der Waals surface area (Å²) in [5.41, 5.74) is -0.0639. The number of aliphatic carboxylic acids is 1. The van der Waals surface area contributed by atoms with Crippen molar-refractivity contribution < 1.29 is 19.4 Å². The molecule has 0 aliphatic heterocycles. The molecule has 0 saturated carbocycles. The number of carboxylic acid groups (broad SMARTS) is 1. The number of benzene rings is 1. The highest BCUT2D eigenvalue weighted by molar-refractivity contribution is 9.10. The minimum absolute atomic E-state index is 0.0954. The predicted octanol–water partition coefficient (Wildman–Crippen LogP) is 3.17. The van der Waals surface area contributed by atoms with Crippen molar-refractivity contribution in [3.63, 3.8) is 0 Å². The SMILES string of the molecule is COc1cc(Br)ccc1C(=O)N(CCC(=O)O)C(C)(C)C. The molecule has 0 aliphatic rings. The van der Waals surface area contributed by atoms with Gasteiger partial charge in [-0.2, -0.15) is 0 Å². The third kappa shape index (κ3) is 4.74. The first-order valence-electron chi connectivity index (χ1n) is 6.54. The normalized spacial score (nSPS) is 11.1. The van der Waals surface area contributed by atoms with Gasteiger partial charge in [-0.15, -0.1) is 0 Å². The van der Waals surface area contributed by atoms with Crippen LogP contribution < -0.4 is 4.74 Å². The van der Waals surface area contributed by atoms with Gasteiger partial charge in [-0.1, -0.05) is 15.9 Å². The Morgan fingerprint density at radius 2 is 1.95 bits per heavy atom. The molecule has 116 valence electrons. The van der Waals surface area contributed by atoms with Gasteiger partial charge in [-0.25, -0.2) is 0 Å². The Balaban J connectivity index is 3.13. The van der Waals surface area contributed by atoms with E-state index in [1.54, 1.807) is 23.1 Å². The Labute approximate surface area is 133 Å². The zero-order valence-electron chi connectivity index (χ0n) is 12.6. The second-order valence-electron chi connectivity index (χ2n) is 5.62. The molecule has 0 radical (unpaired) electrons. The van der Waals surface area contributed by atoms with Crippen molar-refractivity contribution in [1.82, 2.24) is 4.90 Å². The average Bonchev–Trinajstić information content (AvgIpc) is 2.36. The number of hydrogen-bond donors (Lipinski definition) is 1. The molecule has 0 fully saturated rings. The number of carboxylic acids is 1. The van der Waals surface area contributed by atoms with Crippen molar-refractivity contribution in [3.8, 4) is 5.75 Å². The van der Waals surface area contributed by atoms with Crippen LogP contribution in [-0.2, 0) is 4.79 Å². The highest BCUT2D eigenvalue weighted by Gasteiger charge is 2.29. The van der Waals surface area contributed by atoms with Crippen LogP contribution in [0.3, 0.4) is 0 Å². The van der Waals surface area contributed by atoms with Gasteiger partial charge in [0.1, 0.15) is 5.75 Å². The smallest absolute Gasteiger partial charge is 0.305 e. The van der Waals surface area contributed by atoms with Gasteiger partial charge in [0.2, 0.25) is 0 Å². The molecule has 0 aliphatic carbocycles. The van der Waals surface area contributed by atoms with Crippen LogP contribution >= 0.6 is 15.9 Å². The second kappa shape index (κ2) is 6.93. The standard InChI is InChI=1S/C15H20BrNO4/c1-15(2,3)17(8-7-13(18)19)14(20)11-6-5-10(16)9-12(11)21-4/h5-6,9H,7-8H2,1-4H3,(H,18,19). The van der Waals surface area contributed by atoms with Gasteiger partial charge < -0.3 is 14.7 Å². The van der Waals surface area contributed by atoms with Crippen molar-refractivity contribution in [1.29, 1.82) is 0 Å². The second-order valence-corrected chi connectivity index (χ2v) is 6.53. The average molecular weight is 358 g/mol. The van der Waals surface area contributed by atoms with Crippen LogP contribution in [0.1, 0.15) is 37.6 Å². The van der Waals surface area contributed by atoms with Gasteiger partial charge in [0.25, 0.3) is 5.91 Å². The van der Waals surface area contributed by atoms with E-state index < -0.39 is 11.5 Å². The molecule has 0 heterocycles. The summed E-state index contributed by atoms with van der Waals surface area (Å²) in [5.74, 6) is -0.716. The monoisotopic (exact) mass is 357 g/mol. The molecule has 0 atom stereocenters. The van der Waals surface area contributed by atoms with Crippen LogP contribution in [0, 0.1) is 0 Å². The van der Waals surface area contributed by atoms with Crippen molar-refractivity contribution in [2.24, 2.45) is 0 Å². The molecule has 0 unspecified atom stereocenters. The lowest BCUT2D eigenvalue weighted by Crippen LogP contribution is -2.46. The summed E-state index contributed by atoms with van der Waals surface area (Å²) in [5, 5.41) is 8.85. The lowest BCUT2D eigenvalue weighted by Gasteiger charge is -2.35. The largest absolute Gasteiger partial charge is 0.496 e. The minimum atomic E-state index is -0.931. The Bertz CT molecular complexity index is 537. The van der Waals surface area contributed by atoms with E-state index >= 15 is 0 Å². The summed E-state index contributed by atoms with van der Waals surface area (Å²) >= 11 is 3.33. The first-order valence-corrected chi connectivity index (χ1v) is 7.33. The van der Waals surface area contributed by atoms with E-state index in [0.717, 1.165) is 4.47 Å². The number of amides is 1. The molecule has 6 heteroatoms. The van der Waals surface area contributed by atoms with Crippen LogP contribution in [0.25, 0.3) is 0 Å². The van der Waals surface area contributed by atoms with Crippen molar-refractivity contribution in [2.45, 2.75) is 32.7 Å². The fraction of sp³-hybridized carbons (Fsp3) is 0.467. The molecule has 0 bridgehead atoms. The third-order valence-corrected chi connectivity index (χ3v) is 3.49. The maximum atomic E-state index is 12.7. The van der Waals surface area contributed by atoms with Gasteiger partial charge in [-0.3, -0.25) is 9.59 Å². The number of hydrogen-bond acceptors (Lipinski definition) is 3. The van der Waals surface area contributed by atoms with E-state index in [-0.39, 0.29) is 18.9 Å². The van der Waals surface area contributed by atoms with Gasteiger partial charge in [-0.05, 0) is 39.0 Å². The van der Waals surface area contributed by atoms with E-state index in [0.29, 0.717) is 11.3 Å². The summed E-state index contributed by atoms with van der Waals surface area (Å²) in [6.07, 6.45) is -0.0954. The highest BCUT2D eigenvalue weighted by Crippen LogP contribution is 2.27. The van der Waals surface area contributed by atoms with E-state index in [4.69, 9.17) is 9.84 Å². The number of carbonyl (C=O) groups is 2. The van der Waals surface area contributed by atoms with Gasteiger partial charge in [0.15, 0.2) is 0 Å². The van der Waals surface area contributed by atoms with Crippen LogP contribution in [0.4, 0.5) is 0 Å². The fourth-order valence-corrected chi connectivity index (χ4v) is 2.28. The molecule has 1 aromatic carbocycles. The van der Waals surface area contributed by atoms with Crippen molar-refractivity contribution in [2.75, 3.05) is 13.7 Å². The fourth-order valence-electron chi connectivity index (χ4n) is 1.94. The Hall–Kier alpha value is -1.56. The number of ether oxygens (including phenoxy) is 1. The van der Waals surface area contributed by atoms with Crippen molar-refractivity contribution in [3.05, 3.63) is 28.2 Å². The Kier molecular flexibility index (Phi) is 5.78. The topological polar surface area (TPSA) is 66.8 Å². The molecule has 5 nitrogen and oxygen atoms in total. The summed E-state index contributed by atoms with van der Waals surface area (Å²) < 4.78 is 6.05. The number of nitrogens with zero attached hydrogens (tertiary/aromatic N) is 1. The van der Waals surface area contributed by atoms with Gasteiger partial charge in [0, 0.05) is 16.6 Å². The predicted molar refractivity (Wildman–Crippen MR) is 83.7 cm³/mol. The van der Waals surface area contributed by atoms with E-state index in [1.807, 2.05) is 20.8 Å². The van der Waals surface area contributed by atoms with Crippen LogP contribution in [0.5, 0.6) is 5.75 Å². The molecule has 0 aromatic heterocycles. The van der Waals surface area contributed by atoms with Crippen molar-refractivity contribution >= 4 is 27.8 Å². The molecular weight excluding hydrogens is 338 g/mol. The molecule has 1 aromatic rings. The van der Waals surface area contributed by atoms with E-state index in [9.17, 15) is 9.59 Å². The summed E-state index contributed by atoms with van der Waals surface area (Å²) in [7, 11) is 1.50. The first kappa shape index (κ1) is 17.5. The zero-order valence-corrected chi connectivity index (χ0v) is 14.2. The maximum absolute atomic E-state index is 12.7. The maximum Gasteiger partial charge on any atom is 0.305 e. The molecule has 1 amide bonds. The van der Waals surface area contributed by atoms with E-state index in [1.165, 1.54) is 7.11 Å². The van der Waals surface area contributed by atoms with Crippen LogP contribution in [0.2, 0.25) is 0 Å². The molecule has 1 rings (SSSR count). The molecule has 0 saturated heterocycles. The quantitative estimate of drug-likeness (QED) is 0.878. The Morgan fingerprint density at radius 1 is 1.33 bits per heavy atom. The third-order valence-electron chi connectivity index (χ3n) is 3.00. The Morgan fingerprint density at radius 3 is 2.43 bits per heavy atom. The van der Waals surface area contributed by atoms with Crippen LogP contribution in [-0.4, -0.2) is 41.1 Å². The lowest BCUT2D eigenvalue weighted by molar-refractivity contribution is -0.137. The molecule has 0 spiro atoms. The molecular formula is C15H20BrNO4. The summed E-state index contributed by atoms with van der Waals surface area (Å²) in [6.45, 7) is 5.77. The van der Waals surface area contributed by atoms with Gasteiger partial charge >= 0.3 is 5.97 Å². The number of carbonyl (C=O) groups excluding carboxylic acids is 1. The summed E-state index contributed by atoms with van der Waals surface area (Å²) in [4.78, 5) is 25.1. The van der Waals surface area contributed by atoms with Crippen LogP contribution in [0.15, 0.2) is 22.7 Å². The van der Waals surface area contributed by atoms with Gasteiger partial charge in [0.05, 0.1) is 19.1 Å². The number of methoxy groups -OCH3 is 1. The number of rotatable bonds is 5. The highest BCUT2D eigenvalue weighted by atomic mass is 79.9. The van der Waals surface area contributed by atoms with E-state index in [2.05, 4.69) is 15.9 Å². The minimum Gasteiger partial charge on any atom is -0.496 e. The summed E-state index contributed by atoms with van der Waals surface area (Å²) in [6, 6.07) is 5.14. The zero-order chi connectivity index (χ0) is 16.2. The number of halogens is 1. The lowest BCUT2D eigenvalue weighted by atomic mass is 10.0.